The molecule has 17 heteroatoms. The molecule has 1 aromatic carbocycles. The zero-order chi connectivity index (χ0) is 50.1. The van der Waals surface area contributed by atoms with Crippen LogP contribution in [0, 0.1) is 23.7 Å². The number of likely N-dealkylation sites (N-methyl/N-ethyl adjacent to an activating group) is 1. The number of rotatable bonds is 29. The second kappa shape index (κ2) is 31.3. The first-order valence-electron chi connectivity index (χ1n) is 23.4. The first kappa shape index (κ1) is 59.3. The number of nitrogens with one attached hydrogen (secondary N) is 1. The number of carbonyl (C=O) groups is 7. The second-order valence-electron chi connectivity index (χ2n) is 18.1. The number of carboxylic acid groups (broad SMARTS) is 1. The van der Waals surface area contributed by atoms with Gasteiger partial charge in [0.2, 0.25) is 5.91 Å². The Morgan fingerprint density at radius 1 is 0.879 bits per heavy atom. The van der Waals surface area contributed by atoms with Crippen LogP contribution in [0.3, 0.4) is 0 Å². The Balaban J connectivity index is 0.00000521. The molecule has 0 aliphatic carbocycles. The normalized spacial score (nSPS) is 13.5. The number of hydrogen-bond donors (Lipinski definition) is 3. The Kier molecular flexibility index (Phi) is 28.1. The van der Waals surface area contributed by atoms with E-state index in [1.165, 1.54) is 30.0 Å². The molecule has 0 aliphatic rings. The molecule has 4 N–H and O–H groups in total. The lowest BCUT2D eigenvalue weighted by Crippen LogP contribution is -2.46. The maximum atomic E-state index is 13.9. The molecular formula is C49H79N5O11S. The Bertz CT molecular complexity index is 1810. The van der Waals surface area contributed by atoms with Crippen molar-refractivity contribution in [3.8, 4) is 5.75 Å². The molecule has 4 unspecified atom stereocenters. The molecule has 1 aromatic heterocycles. The van der Waals surface area contributed by atoms with E-state index in [1.54, 1.807) is 31.2 Å². The summed E-state index contributed by atoms with van der Waals surface area (Å²) in [5.74, 6) is -4.61. The van der Waals surface area contributed by atoms with Crippen molar-refractivity contribution in [2.24, 2.45) is 29.4 Å². The predicted molar refractivity (Wildman–Crippen MR) is 256 cm³/mol. The first-order chi connectivity index (χ1) is 31.0. The van der Waals surface area contributed by atoms with E-state index in [4.69, 9.17) is 19.9 Å². The molecular weight excluding hydrogens is 867 g/mol. The zero-order valence-corrected chi connectivity index (χ0v) is 42.4. The number of esters is 3. The molecule has 2 aromatic rings. The quantitative estimate of drug-likeness (QED) is 0.0403. The number of benzene rings is 1. The average Bonchev–Trinajstić information content (AvgIpc) is 3.75. The standard InChI is InChI=1S/C45H69N5O11S.C4H10/c1-11-12-19-49(10)24-34(52)15-18-39(53)50(26-59-40(54)20-27(2)3)37(28(4)5)23-38(60-31(9)51)43-48-36(25-62-43)42(55)47-33(21-30(8)44(56)57)22-32-13-16-35(17-14-32)61-45(58)41(46)29(6)7;1-3-4-2/h13-14,16-17,25,27-30,33,37-38,41H,11-12,15,18-24,26,46H2,1-10H3,(H,47,55)(H,56,57);3-4H2,1-2H3/t30-,33?,37?,38?,41?;/m0./s1. The zero-order valence-electron chi connectivity index (χ0n) is 41.6. The van der Waals surface area contributed by atoms with E-state index in [0.29, 0.717) is 5.75 Å². The monoisotopic (exact) mass is 946 g/mol. The topological polar surface area (TPSA) is 225 Å². The number of carboxylic acids is 1. The number of ether oxygens (including phenoxy) is 3. The molecule has 0 aliphatic heterocycles. The Hall–Kier alpha value is -4.74. The molecule has 0 saturated heterocycles. The summed E-state index contributed by atoms with van der Waals surface area (Å²) in [4.78, 5) is 97.7. The molecule has 0 fully saturated rings. The van der Waals surface area contributed by atoms with Gasteiger partial charge in [0.1, 0.15) is 28.3 Å². The summed E-state index contributed by atoms with van der Waals surface area (Å²) in [6.45, 7) is 20.9. The minimum atomic E-state index is -1.03. The highest BCUT2D eigenvalue weighted by atomic mass is 32.1. The Morgan fingerprint density at radius 3 is 2.05 bits per heavy atom. The van der Waals surface area contributed by atoms with Crippen LogP contribution in [0.15, 0.2) is 29.6 Å². The van der Waals surface area contributed by atoms with Crippen LogP contribution in [0.1, 0.15) is 161 Å². The third kappa shape index (κ3) is 23.1. The van der Waals surface area contributed by atoms with Crippen molar-refractivity contribution in [3.05, 3.63) is 45.9 Å². The van der Waals surface area contributed by atoms with Crippen LogP contribution in [0.2, 0.25) is 0 Å². The van der Waals surface area contributed by atoms with E-state index in [1.807, 2.05) is 53.5 Å². The van der Waals surface area contributed by atoms with Crippen molar-refractivity contribution >= 4 is 52.8 Å². The van der Waals surface area contributed by atoms with Gasteiger partial charge in [0, 0.05) is 50.1 Å². The number of nitrogens with two attached hydrogens (primary N) is 1. The van der Waals surface area contributed by atoms with Crippen LogP contribution >= 0.6 is 11.3 Å². The van der Waals surface area contributed by atoms with Gasteiger partial charge < -0.3 is 35.3 Å². The molecule has 5 atom stereocenters. The fourth-order valence-corrected chi connectivity index (χ4v) is 7.34. The molecule has 372 valence electrons. The van der Waals surface area contributed by atoms with E-state index in [2.05, 4.69) is 31.1 Å². The number of carbonyl (C=O) groups excluding carboxylic acids is 6. The molecule has 16 nitrogen and oxygen atoms in total. The summed E-state index contributed by atoms with van der Waals surface area (Å²) in [5.41, 5.74) is 6.66. The lowest BCUT2D eigenvalue weighted by atomic mass is 9.95. The van der Waals surface area contributed by atoms with Gasteiger partial charge in [0.05, 0.1) is 12.5 Å². The maximum Gasteiger partial charge on any atom is 0.328 e. The van der Waals surface area contributed by atoms with Gasteiger partial charge in [-0.2, -0.15) is 0 Å². The fourth-order valence-electron chi connectivity index (χ4n) is 6.50. The van der Waals surface area contributed by atoms with Gasteiger partial charge in [0.15, 0.2) is 12.8 Å². The van der Waals surface area contributed by atoms with Gasteiger partial charge in [-0.05, 0) is 68.3 Å². The van der Waals surface area contributed by atoms with Crippen molar-refractivity contribution in [1.29, 1.82) is 0 Å². The van der Waals surface area contributed by atoms with Crippen molar-refractivity contribution in [2.75, 3.05) is 26.9 Å². The summed E-state index contributed by atoms with van der Waals surface area (Å²) in [6.07, 6.45) is 3.98. The van der Waals surface area contributed by atoms with Gasteiger partial charge in [-0.25, -0.2) is 9.78 Å². The molecule has 2 amide bonds. The van der Waals surface area contributed by atoms with Crippen LogP contribution in [0.4, 0.5) is 0 Å². The van der Waals surface area contributed by atoms with E-state index in [-0.39, 0.29) is 86.0 Å². The summed E-state index contributed by atoms with van der Waals surface area (Å²) in [6, 6.07) is 4.56. The smallest absolute Gasteiger partial charge is 0.328 e. The van der Waals surface area contributed by atoms with Gasteiger partial charge in [0.25, 0.3) is 5.91 Å². The van der Waals surface area contributed by atoms with E-state index >= 15 is 0 Å². The number of nitrogens with zero attached hydrogens (tertiary/aromatic N) is 3. The van der Waals surface area contributed by atoms with Crippen LogP contribution in [0.25, 0.3) is 0 Å². The van der Waals surface area contributed by atoms with Crippen molar-refractivity contribution in [1.82, 2.24) is 20.1 Å². The predicted octanol–water partition coefficient (Wildman–Crippen LogP) is 7.77. The number of hydrogen-bond acceptors (Lipinski definition) is 14. The molecule has 0 bridgehead atoms. The minimum absolute atomic E-state index is 0.00450. The van der Waals surface area contributed by atoms with E-state index in [9.17, 15) is 38.7 Å². The summed E-state index contributed by atoms with van der Waals surface area (Å²) in [7, 11) is 1.86. The molecule has 0 spiro atoms. The molecule has 1 heterocycles. The first-order valence-corrected chi connectivity index (χ1v) is 24.3. The van der Waals surface area contributed by atoms with Crippen molar-refractivity contribution in [3.63, 3.8) is 0 Å². The Labute approximate surface area is 397 Å². The minimum Gasteiger partial charge on any atom is -0.481 e. The van der Waals surface area contributed by atoms with Gasteiger partial charge in [-0.1, -0.05) is 101 Å². The van der Waals surface area contributed by atoms with E-state index < -0.39 is 65.8 Å². The third-order valence-corrected chi connectivity index (χ3v) is 11.6. The number of aromatic nitrogens is 1. The van der Waals surface area contributed by atoms with Crippen LogP contribution < -0.4 is 15.8 Å². The second-order valence-corrected chi connectivity index (χ2v) is 19.0. The molecule has 2 rings (SSSR count). The van der Waals surface area contributed by atoms with Gasteiger partial charge in [-0.15, -0.1) is 11.3 Å². The van der Waals surface area contributed by atoms with Gasteiger partial charge in [-0.3, -0.25) is 33.7 Å². The number of unbranched alkanes of at least 4 members (excludes halogenated alkanes) is 2. The fraction of sp³-hybridized carbons (Fsp3) is 0.673. The number of thiazole rings is 1. The van der Waals surface area contributed by atoms with Crippen LogP contribution in [-0.4, -0.2) is 106 Å². The van der Waals surface area contributed by atoms with Crippen molar-refractivity contribution < 1.29 is 52.9 Å². The molecule has 66 heavy (non-hydrogen) atoms. The lowest BCUT2D eigenvalue weighted by Gasteiger charge is -2.35. The average molecular weight is 946 g/mol. The van der Waals surface area contributed by atoms with Gasteiger partial charge >= 0.3 is 23.9 Å². The number of Topliss-reactive ketones (excluding diaryl/α,β-unsaturated/α-hetero) is 1. The van der Waals surface area contributed by atoms with E-state index in [0.717, 1.165) is 36.3 Å². The highest BCUT2D eigenvalue weighted by molar-refractivity contribution is 7.09. The molecule has 0 saturated carbocycles. The highest BCUT2D eigenvalue weighted by Gasteiger charge is 2.34. The number of aliphatic carboxylic acids is 1. The Morgan fingerprint density at radius 2 is 1.52 bits per heavy atom. The summed E-state index contributed by atoms with van der Waals surface area (Å²) in [5, 5.41) is 14.4. The third-order valence-electron chi connectivity index (χ3n) is 10.7. The lowest BCUT2D eigenvalue weighted by molar-refractivity contribution is -0.159. The number of ketones is 1. The van der Waals surface area contributed by atoms with Crippen molar-refractivity contribution in [2.45, 2.75) is 165 Å². The van der Waals surface area contributed by atoms with Crippen LogP contribution in [-0.2, 0) is 44.7 Å². The largest absolute Gasteiger partial charge is 0.481 e. The highest BCUT2D eigenvalue weighted by Crippen LogP contribution is 2.31. The maximum absolute atomic E-state index is 13.9. The summed E-state index contributed by atoms with van der Waals surface area (Å²) >= 11 is 1.08. The summed E-state index contributed by atoms with van der Waals surface area (Å²) < 4.78 is 16.7. The molecule has 0 radical (unpaired) electrons. The SMILES string of the molecule is CCCC.CCCCN(C)CC(=O)CCC(=O)N(COC(=O)CC(C)C)C(CC(OC(C)=O)c1nc(C(=O)NC(Cc2ccc(OC(=O)C(N)C(C)C)cc2)C[C@H](C)C(=O)O)cs1)C(C)C. The number of amides is 2. The van der Waals surface area contributed by atoms with Crippen LogP contribution in [0.5, 0.6) is 5.75 Å².